The Morgan fingerprint density at radius 2 is 2.21 bits per heavy atom. The summed E-state index contributed by atoms with van der Waals surface area (Å²) in [6, 6.07) is 5.20. The summed E-state index contributed by atoms with van der Waals surface area (Å²) < 4.78 is 0. The van der Waals surface area contributed by atoms with Gasteiger partial charge in [-0.15, -0.1) is 0 Å². The topological polar surface area (TPSA) is 81.1 Å². The Balaban J connectivity index is 2.76. The lowest BCUT2D eigenvalue weighted by Crippen LogP contribution is -2.29. The van der Waals surface area contributed by atoms with Gasteiger partial charge in [-0.05, 0) is 30.7 Å². The maximum Gasteiger partial charge on any atom is 0.251 e. The van der Waals surface area contributed by atoms with E-state index >= 15 is 0 Å². The fraction of sp³-hybridized carbons (Fsp3) is 0.300. The quantitative estimate of drug-likeness (QED) is 0.602. The second-order valence-corrected chi connectivity index (χ2v) is 3.12. The van der Waals surface area contributed by atoms with E-state index in [9.17, 15) is 4.79 Å². The minimum absolute atomic E-state index is 0.112. The van der Waals surface area contributed by atoms with Gasteiger partial charge in [0.1, 0.15) is 0 Å². The van der Waals surface area contributed by atoms with Crippen molar-refractivity contribution in [2.75, 3.05) is 18.8 Å². The second-order valence-electron chi connectivity index (χ2n) is 3.12. The highest BCUT2D eigenvalue weighted by atomic mass is 16.1. The SMILES string of the molecule is Cc1cc(C(=O)NCCN)ccc1N. The van der Waals surface area contributed by atoms with Crippen molar-refractivity contribution in [1.29, 1.82) is 0 Å². The van der Waals surface area contributed by atoms with Gasteiger partial charge < -0.3 is 16.8 Å². The lowest BCUT2D eigenvalue weighted by molar-refractivity contribution is 0.0954. The van der Waals surface area contributed by atoms with Crippen molar-refractivity contribution in [3.05, 3.63) is 29.3 Å². The van der Waals surface area contributed by atoms with Crippen LogP contribution in [0.25, 0.3) is 0 Å². The summed E-state index contributed by atoms with van der Waals surface area (Å²) in [4.78, 5) is 11.5. The molecule has 0 fully saturated rings. The Morgan fingerprint density at radius 1 is 1.50 bits per heavy atom. The van der Waals surface area contributed by atoms with Crippen molar-refractivity contribution in [3.63, 3.8) is 0 Å². The molecule has 14 heavy (non-hydrogen) atoms. The van der Waals surface area contributed by atoms with Crippen LogP contribution in [-0.4, -0.2) is 19.0 Å². The third-order valence-electron chi connectivity index (χ3n) is 1.96. The van der Waals surface area contributed by atoms with Crippen LogP contribution >= 0.6 is 0 Å². The number of nitrogen functional groups attached to an aromatic ring is 1. The molecule has 0 spiro atoms. The zero-order chi connectivity index (χ0) is 10.6. The molecule has 0 heterocycles. The average Bonchev–Trinajstić information content (AvgIpc) is 2.18. The molecule has 1 aromatic carbocycles. The highest BCUT2D eigenvalue weighted by Gasteiger charge is 2.04. The second kappa shape index (κ2) is 4.62. The molecule has 0 saturated heterocycles. The summed E-state index contributed by atoms with van der Waals surface area (Å²) in [5.74, 6) is -0.112. The van der Waals surface area contributed by atoms with Crippen molar-refractivity contribution < 1.29 is 4.79 Å². The van der Waals surface area contributed by atoms with Crippen molar-refractivity contribution in [1.82, 2.24) is 5.32 Å². The highest BCUT2D eigenvalue weighted by Crippen LogP contribution is 2.12. The van der Waals surface area contributed by atoms with Crippen molar-refractivity contribution >= 4 is 11.6 Å². The molecule has 0 aliphatic rings. The van der Waals surface area contributed by atoms with Crippen molar-refractivity contribution in [3.8, 4) is 0 Å². The lowest BCUT2D eigenvalue weighted by atomic mass is 10.1. The molecule has 0 unspecified atom stereocenters. The number of rotatable bonds is 3. The van der Waals surface area contributed by atoms with Gasteiger partial charge in [-0.25, -0.2) is 0 Å². The number of nitrogens with two attached hydrogens (primary N) is 2. The number of anilines is 1. The molecular formula is C10H15N3O. The number of hydrogen-bond acceptors (Lipinski definition) is 3. The van der Waals surface area contributed by atoms with Gasteiger partial charge in [0.05, 0.1) is 0 Å². The van der Waals surface area contributed by atoms with Gasteiger partial charge in [0.25, 0.3) is 5.91 Å². The molecule has 1 aromatic rings. The summed E-state index contributed by atoms with van der Waals surface area (Å²) in [6.07, 6.45) is 0. The predicted octanol–water partition coefficient (Wildman–Crippen LogP) is 0.266. The number of amides is 1. The van der Waals surface area contributed by atoms with E-state index in [1.807, 2.05) is 6.92 Å². The van der Waals surface area contributed by atoms with Crippen LogP contribution in [0.4, 0.5) is 5.69 Å². The van der Waals surface area contributed by atoms with Gasteiger partial charge in [-0.1, -0.05) is 0 Å². The molecule has 4 heteroatoms. The fourth-order valence-electron chi connectivity index (χ4n) is 1.10. The van der Waals surface area contributed by atoms with Gasteiger partial charge in [0, 0.05) is 24.3 Å². The van der Waals surface area contributed by atoms with Crippen molar-refractivity contribution in [2.45, 2.75) is 6.92 Å². The Kier molecular flexibility index (Phi) is 3.48. The molecule has 1 rings (SSSR count). The van der Waals surface area contributed by atoms with Crippen LogP contribution in [0.15, 0.2) is 18.2 Å². The van der Waals surface area contributed by atoms with Gasteiger partial charge >= 0.3 is 0 Å². The van der Waals surface area contributed by atoms with E-state index in [1.54, 1.807) is 18.2 Å². The summed E-state index contributed by atoms with van der Waals surface area (Å²) in [7, 11) is 0. The first-order valence-electron chi connectivity index (χ1n) is 4.49. The molecule has 0 aliphatic heterocycles. The molecule has 0 saturated carbocycles. The maximum atomic E-state index is 11.5. The standard InChI is InChI=1S/C10H15N3O/c1-7-6-8(2-3-9(7)12)10(14)13-5-4-11/h2-3,6H,4-5,11-12H2,1H3,(H,13,14). The monoisotopic (exact) mass is 193 g/mol. The third kappa shape index (κ3) is 2.47. The highest BCUT2D eigenvalue weighted by molar-refractivity contribution is 5.94. The average molecular weight is 193 g/mol. The van der Waals surface area contributed by atoms with Crippen molar-refractivity contribution in [2.24, 2.45) is 5.73 Å². The summed E-state index contributed by atoms with van der Waals surface area (Å²) >= 11 is 0. The van der Waals surface area contributed by atoms with Gasteiger partial charge in [-0.2, -0.15) is 0 Å². The number of carbonyl (C=O) groups excluding carboxylic acids is 1. The Labute approximate surface area is 83.3 Å². The molecule has 4 nitrogen and oxygen atoms in total. The molecule has 0 atom stereocenters. The van der Waals surface area contributed by atoms with E-state index in [4.69, 9.17) is 11.5 Å². The fourth-order valence-corrected chi connectivity index (χ4v) is 1.10. The van der Waals surface area contributed by atoms with E-state index in [0.717, 1.165) is 5.56 Å². The number of carbonyl (C=O) groups is 1. The van der Waals surface area contributed by atoms with E-state index in [-0.39, 0.29) is 5.91 Å². The summed E-state index contributed by atoms with van der Waals surface area (Å²) in [5, 5.41) is 2.69. The number of hydrogen-bond donors (Lipinski definition) is 3. The van der Waals surface area contributed by atoms with E-state index in [1.165, 1.54) is 0 Å². The first kappa shape index (κ1) is 10.5. The zero-order valence-corrected chi connectivity index (χ0v) is 8.21. The normalized spacial score (nSPS) is 9.86. The number of benzene rings is 1. The van der Waals surface area contributed by atoms with E-state index in [0.29, 0.717) is 24.3 Å². The predicted molar refractivity (Wildman–Crippen MR) is 57.0 cm³/mol. The molecule has 0 aromatic heterocycles. The van der Waals surface area contributed by atoms with Crippen LogP contribution in [0.2, 0.25) is 0 Å². The summed E-state index contributed by atoms with van der Waals surface area (Å²) in [6.45, 7) is 2.80. The summed E-state index contributed by atoms with van der Waals surface area (Å²) in [5.41, 5.74) is 13.1. The molecule has 76 valence electrons. The van der Waals surface area contributed by atoms with E-state index < -0.39 is 0 Å². The molecule has 5 N–H and O–H groups in total. The van der Waals surface area contributed by atoms with E-state index in [2.05, 4.69) is 5.32 Å². The lowest BCUT2D eigenvalue weighted by Gasteiger charge is -2.05. The largest absolute Gasteiger partial charge is 0.399 e. The molecule has 0 radical (unpaired) electrons. The smallest absolute Gasteiger partial charge is 0.251 e. The molecule has 0 bridgehead atoms. The zero-order valence-electron chi connectivity index (χ0n) is 8.21. The van der Waals surface area contributed by atoms with Gasteiger partial charge in [0.15, 0.2) is 0 Å². The van der Waals surface area contributed by atoms with Gasteiger partial charge in [0.2, 0.25) is 0 Å². The number of aryl methyl sites for hydroxylation is 1. The van der Waals surface area contributed by atoms with Crippen LogP contribution in [-0.2, 0) is 0 Å². The van der Waals surface area contributed by atoms with Crippen LogP contribution < -0.4 is 16.8 Å². The Hall–Kier alpha value is -1.55. The minimum Gasteiger partial charge on any atom is -0.399 e. The minimum atomic E-state index is -0.112. The molecular weight excluding hydrogens is 178 g/mol. The van der Waals surface area contributed by atoms with Gasteiger partial charge in [-0.3, -0.25) is 4.79 Å². The first-order chi connectivity index (χ1) is 6.65. The van der Waals surface area contributed by atoms with Crippen LogP contribution in [0.3, 0.4) is 0 Å². The van der Waals surface area contributed by atoms with Crippen LogP contribution in [0.1, 0.15) is 15.9 Å². The van der Waals surface area contributed by atoms with Crippen LogP contribution in [0, 0.1) is 6.92 Å². The van der Waals surface area contributed by atoms with Crippen LogP contribution in [0.5, 0.6) is 0 Å². The molecule has 1 amide bonds. The number of nitrogens with one attached hydrogen (secondary N) is 1. The molecule has 0 aliphatic carbocycles. The first-order valence-corrected chi connectivity index (χ1v) is 4.49. The Bertz CT molecular complexity index is 336. The Morgan fingerprint density at radius 3 is 2.79 bits per heavy atom. The third-order valence-corrected chi connectivity index (χ3v) is 1.96. The maximum absolute atomic E-state index is 11.5.